The van der Waals surface area contributed by atoms with Crippen molar-refractivity contribution in [3.63, 3.8) is 0 Å². The maximum atomic E-state index is 4.08. The van der Waals surface area contributed by atoms with Gasteiger partial charge in [-0.25, -0.2) is 0 Å². The summed E-state index contributed by atoms with van der Waals surface area (Å²) in [6, 6.07) is 0. The van der Waals surface area contributed by atoms with E-state index < -0.39 is 0 Å². The van der Waals surface area contributed by atoms with Crippen LogP contribution in [0.15, 0.2) is 11.9 Å². The second-order valence-electron chi connectivity index (χ2n) is 7.54. The molecule has 0 bridgehead atoms. The van der Waals surface area contributed by atoms with Crippen LogP contribution in [-0.2, 0) is 0 Å². The van der Waals surface area contributed by atoms with E-state index in [0.717, 1.165) is 0 Å². The lowest BCUT2D eigenvalue weighted by Gasteiger charge is -2.03. The van der Waals surface area contributed by atoms with Crippen molar-refractivity contribution in [2.24, 2.45) is 0 Å². The monoisotopic (exact) mass is 352 g/mol. The third kappa shape index (κ3) is 22.2. The summed E-state index contributed by atoms with van der Waals surface area (Å²) in [4.78, 5) is 0. The molecule has 0 fully saturated rings. The fourth-order valence-corrected chi connectivity index (χ4v) is 3.56. The van der Waals surface area contributed by atoms with Crippen LogP contribution in [0.3, 0.4) is 0 Å². The van der Waals surface area contributed by atoms with Crippen molar-refractivity contribution < 1.29 is 0 Å². The van der Waals surface area contributed by atoms with Crippen molar-refractivity contribution in [3.8, 4) is 0 Å². The first kappa shape index (κ1) is 24.2. The minimum atomic E-state index is 1.21. The van der Waals surface area contributed by atoms with Crippen LogP contribution in [0.25, 0.3) is 0 Å². The van der Waals surface area contributed by atoms with E-state index in [9.17, 15) is 0 Å². The van der Waals surface area contributed by atoms with Gasteiger partial charge in [0.1, 0.15) is 0 Å². The summed E-state index contributed by atoms with van der Waals surface area (Å²) in [6.07, 6.45) is 31.0. The van der Waals surface area contributed by atoms with E-state index in [-0.39, 0.29) is 0 Å². The first-order chi connectivity index (χ1) is 11.9. The lowest BCUT2D eigenvalue weighted by Crippen LogP contribution is -1.84. The highest BCUT2D eigenvalue weighted by atomic mass is 31.0. The Kier molecular flexibility index (Phi) is 23.3. The lowest BCUT2D eigenvalue weighted by atomic mass is 10.0. The van der Waals surface area contributed by atoms with E-state index in [1.807, 2.05) is 5.82 Å². The standard InChI is InChI=1S/C23H45P/c1-2-3-4-5-6-7-8-9-10-11-12-13-14-15-16-17-18-19-20-21-22-23-24/h22-23H,2-21H2,1H3. The van der Waals surface area contributed by atoms with Crippen LogP contribution >= 0.6 is 9.24 Å². The van der Waals surface area contributed by atoms with Gasteiger partial charge in [-0.1, -0.05) is 134 Å². The van der Waals surface area contributed by atoms with Gasteiger partial charge in [0.15, 0.2) is 0 Å². The summed E-state index contributed by atoms with van der Waals surface area (Å²) in [5.74, 6) is 1.87. The predicted molar refractivity (Wildman–Crippen MR) is 114 cm³/mol. The van der Waals surface area contributed by atoms with Crippen LogP contribution in [-0.4, -0.2) is 0 Å². The molecule has 0 aliphatic rings. The Morgan fingerprint density at radius 1 is 0.458 bits per heavy atom. The van der Waals surface area contributed by atoms with Gasteiger partial charge in [-0.3, -0.25) is 0 Å². The van der Waals surface area contributed by atoms with Gasteiger partial charge in [0.05, 0.1) is 0 Å². The highest BCUT2D eigenvalue weighted by Crippen LogP contribution is 2.14. The molecule has 0 nitrogen and oxygen atoms in total. The van der Waals surface area contributed by atoms with Gasteiger partial charge in [0, 0.05) is 0 Å². The maximum Gasteiger partial charge on any atom is -0.0146 e. The highest BCUT2D eigenvalue weighted by molar-refractivity contribution is 7.20. The zero-order chi connectivity index (χ0) is 17.6. The Morgan fingerprint density at radius 3 is 1.04 bits per heavy atom. The Bertz CT molecular complexity index is 234. The third-order valence-corrected chi connectivity index (χ3v) is 5.29. The Balaban J connectivity index is 2.95. The van der Waals surface area contributed by atoms with E-state index in [0.29, 0.717) is 0 Å². The smallest absolute Gasteiger partial charge is 0.0146 e. The molecule has 0 aliphatic carbocycles. The summed E-state index contributed by atoms with van der Waals surface area (Å²) in [6.45, 7) is 2.30. The summed E-state index contributed by atoms with van der Waals surface area (Å²) in [5.41, 5.74) is 0. The van der Waals surface area contributed by atoms with E-state index in [1.165, 1.54) is 128 Å². The summed E-state index contributed by atoms with van der Waals surface area (Å²) < 4.78 is 0. The van der Waals surface area contributed by atoms with Crippen molar-refractivity contribution >= 4 is 9.24 Å². The third-order valence-electron chi connectivity index (χ3n) is 5.08. The molecule has 0 aromatic heterocycles. The number of unbranched alkanes of at least 4 members (excludes halogenated alkanes) is 19. The average molecular weight is 353 g/mol. The molecule has 142 valence electrons. The molecule has 0 unspecified atom stereocenters. The first-order valence-corrected chi connectivity index (χ1v) is 11.7. The molecule has 0 rings (SSSR count). The Morgan fingerprint density at radius 2 is 0.750 bits per heavy atom. The maximum absolute atomic E-state index is 4.08. The summed E-state index contributed by atoms with van der Waals surface area (Å²) in [7, 11) is 4.08. The number of hydrogen-bond donors (Lipinski definition) is 0. The van der Waals surface area contributed by atoms with Crippen LogP contribution < -0.4 is 0 Å². The number of hydrogen-bond acceptors (Lipinski definition) is 0. The molecule has 0 heterocycles. The quantitative estimate of drug-likeness (QED) is 0.151. The lowest BCUT2D eigenvalue weighted by molar-refractivity contribution is 0.523. The topological polar surface area (TPSA) is 0 Å². The zero-order valence-corrected chi connectivity index (χ0v) is 17.6. The molecule has 0 aromatic rings. The summed E-state index contributed by atoms with van der Waals surface area (Å²) >= 11 is 0. The Labute approximate surface area is 156 Å². The van der Waals surface area contributed by atoms with Gasteiger partial charge in [-0.15, -0.1) is 0 Å². The van der Waals surface area contributed by atoms with E-state index >= 15 is 0 Å². The molecule has 1 heteroatoms. The van der Waals surface area contributed by atoms with E-state index in [2.05, 4.69) is 22.2 Å². The van der Waals surface area contributed by atoms with Crippen molar-refractivity contribution in [3.05, 3.63) is 11.9 Å². The fourth-order valence-electron chi connectivity index (χ4n) is 3.42. The van der Waals surface area contributed by atoms with Gasteiger partial charge in [0.25, 0.3) is 0 Å². The first-order valence-electron chi connectivity index (χ1n) is 11.2. The number of allylic oxidation sites excluding steroid dienone is 1. The van der Waals surface area contributed by atoms with Crippen molar-refractivity contribution in [2.75, 3.05) is 0 Å². The van der Waals surface area contributed by atoms with Crippen LogP contribution in [0, 0.1) is 0 Å². The van der Waals surface area contributed by atoms with Gasteiger partial charge in [-0.2, -0.15) is 0 Å². The molecule has 0 atom stereocenters. The van der Waals surface area contributed by atoms with Crippen LogP contribution in [0.1, 0.15) is 135 Å². The van der Waals surface area contributed by atoms with Gasteiger partial charge in [-0.05, 0) is 22.1 Å². The van der Waals surface area contributed by atoms with Crippen LogP contribution in [0.5, 0.6) is 0 Å². The average Bonchev–Trinajstić information content (AvgIpc) is 2.60. The molecule has 0 amide bonds. The van der Waals surface area contributed by atoms with Crippen molar-refractivity contribution in [1.29, 1.82) is 0 Å². The molecule has 0 saturated heterocycles. The van der Waals surface area contributed by atoms with Gasteiger partial charge in [0.2, 0.25) is 0 Å². The van der Waals surface area contributed by atoms with Gasteiger partial charge >= 0.3 is 0 Å². The molecule has 2 radical (unpaired) electrons. The molecule has 24 heavy (non-hydrogen) atoms. The SMILES string of the molecule is CCCCCCCCCCCCCCCCCCCCCC=C[P]. The minimum absolute atomic E-state index is 1.21. The van der Waals surface area contributed by atoms with Crippen LogP contribution in [0.4, 0.5) is 0 Å². The second-order valence-corrected chi connectivity index (χ2v) is 7.84. The molecular weight excluding hydrogens is 307 g/mol. The van der Waals surface area contributed by atoms with Crippen molar-refractivity contribution in [2.45, 2.75) is 135 Å². The summed E-state index contributed by atoms with van der Waals surface area (Å²) in [5, 5.41) is 0. The normalized spacial score (nSPS) is 11.6. The predicted octanol–water partition coefficient (Wildman–Crippen LogP) is 9.73. The highest BCUT2D eigenvalue weighted by Gasteiger charge is 1.95. The molecular formula is C23H45P. The molecule has 0 N–H and O–H groups in total. The second kappa shape index (κ2) is 23.2. The molecule has 0 spiro atoms. The Hall–Kier alpha value is 0.170. The molecule has 0 saturated carbocycles. The van der Waals surface area contributed by atoms with E-state index in [1.54, 1.807) is 0 Å². The number of rotatable bonds is 20. The largest absolute Gasteiger partial charge is 0.0834 e. The van der Waals surface area contributed by atoms with Crippen LogP contribution in [0.2, 0.25) is 0 Å². The molecule has 0 aromatic carbocycles. The fraction of sp³-hybridized carbons (Fsp3) is 0.913. The minimum Gasteiger partial charge on any atom is -0.0834 e. The van der Waals surface area contributed by atoms with Gasteiger partial charge < -0.3 is 0 Å². The van der Waals surface area contributed by atoms with Crippen molar-refractivity contribution in [1.82, 2.24) is 0 Å². The van der Waals surface area contributed by atoms with E-state index in [4.69, 9.17) is 0 Å². The molecule has 0 aliphatic heterocycles. The zero-order valence-electron chi connectivity index (χ0n) is 16.7.